The molecule has 1 saturated heterocycles. The fraction of sp³-hybridized carbons (Fsp3) is 0.250. The van der Waals surface area contributed by atoms with Crippen molar-refractivity contribution in [3.05, 3.63) is 64.7 Å². The highest BCUT2D eigenvalue weighted by molar-refractivity contribution is 6.30. The molecule has 0 unspecified atom stereocenters. The summed E-state index contributed by atoms with van der Waals surface area (Å²) in [5.74, 6) is -1.53. The van der Waals surface area contributed by atoms with Gasteiger partial charge in [-0.05, 0) is 31.2 Å². The molecule has 0 radical (unpaired) electrons. The van der Waals surface area contributed by atoms with Crippen molar-refractivity contribution in [2.45, 2.75) is 13.3 Å². The van der Waals surface area contributed by atoms with Gasteiger partial charge in [0.1, 0.15) is 0 Å². The van der Waals surface area contributed by atoms with Crippen LogP contribution >= 0.6 is 11.6 Å². The van der Waals surface area contributed by atoms with Crippen molar-refractivity contribution in [3.8, 4) is 0 Å². The van der Waals surface area contributed by atoms with E-state index in [9.17, 15) is 14.4 Å². The van der Waals surface area contributed by atoms with Crippen molar-refractivity contribution in [2.75, 3.05) is 18.1 Å². The first kappa shape index (κ1) is 18.1. The van der Waals surface area contributed by atoms with Gasteiger partial charge in [-0.2, -0.15) is 0 Å². The first-order valence-corrected chi connectivity index (χ1v) is 8.64. The van der Waals surface area contributed by atoms with Gasteiger partial charge in [-0.15, -0.1) is 0 Å². The largest absolute Gasteiger partial charge is 0.457 e. The normalized spacial score (nSPS) is 16.6. The predicted molar refractivity (Wildman–Crippen MR) is 98.4 cm³/mol. The van der Waals surface area contributed by atoms with E-state index in [2.05, 4.69) is 0 Å². The fourth-order valence-electron chi connectivity index (χ4n) is 2.81. The van der Waals surface area contributed by atoms with Gasteiger partial charge >= 0.3 is 5.97 Å². The Kier molecular flexibility index (Phi) is 5.38. The highest BCUT2D eigenvalue weighted by Gasteiger charge is 2.36. The van der Waals surface area contributed by atoms with Crippen molar-refractivity contribution < 1.29 is 19.1 Å². The number of ether oxygens (including phenoxy) is 1. The third-order valence-electron chi connectivity index (χ3n) is 4.32. The minimum atomic E-state index is -0.580. The molecule has 2 aromatic rings. The lowest BCUT2D eigenvalue weighted by Crippen LogP contribution is -2.27. The average Bonchev–Trinajstić information content (AvgIpc) is 3.02. The maximum atomic E-state index is 12.2. The molecule has 0 saturated carbocycles. The maximum absolute atomic E-state index is 12.2. The van der Waals surface area contributed by atoms with E-state index in [-0.39, 0.29) is 31.3 Å². The molecule has 0 N–H and O–H groups in total. The molecule has 2 aromatic carbocycles. The molecule has 5 nitrogen and oxygen atoms in total. The number of hydrogen-bond acceptors (Lipinski definition) is 4. The van der Waals surface area contributed by atoms with E-state index in [1.807, 2.05) is 19.1 Å². The smallest absolute Gasteiger partial charge is 0.311 e. The van der Waals surface area contributed by atoms with Gasteiger partial charge in [0.15, 0.2) is 12.4 Å². The van der Waals surface area contributed by atoms with E-state index in [0.717, 1.165) is 5.56 Å². The van der Waals surface area contributed by atoms with E-state index in [1.54, 1.807) is 36.4 Å². The predicted octanol–water partition coefficient (Wildman–Crippen LogP) is 3.43. The molecule has 6 heteroatoms. The Balaban J connectivity index is 1.57. The Morgan fingerprint density at radius 3 is 2.42 bits per heavy atom. The third kappa shape index (κ3) is 4.11. The molecule has 0 aliphatic carbocycles. The van der Waals surface area contributed by atoms with Crippen LogP contribution in [0, 0.1) is 12.8 Å². The summed E-state index contributed by atoms with van der Waals surface area (Å²) in [5, 5.41) is 0.575. The van der Waals surface area contributed by atoms with Crippen LogP contribution in [0.25, 0.3) is 0 Å². The van der Waals surface area contributed by atoms with Gasteiger partial charge < -0.3 is 9.64 Å². The molecule has 1 heterocycles. The number of rotatable bonds is 5. The number of amides is 1. The second-order valence-electron chi connectivity index (χ2n) is 6.28. The Hall–Kier alpha value is -2.66. The molecule has 1 aliphatic rings. The van der Waals surface area contributed by atoms with Gasteiger partial charge in [0.05, 0.1) is 5.92 Å². The molecule has 1 aliphatic heterocycles. The quantitative estimate of drug-likeness (QED) is 0.596. The van der Waals surface area contributed by atoms with Crippen LogP contribution < -0.4 is 4.90 Å². The van der Waals surface area contributed by atoms with Gasteiger partial charge in [0.2, 0.25) is 5.91 Å². The molecule has 3 rings (SSSR count). The minimum Gasteiger partial charge on any atom is -0.457 e. The molecule has 1 atom stereocenters. The SMILES string of the molecule is Cc1ccc(C(=O)COC(=O)[C@@H]2CC(=O)N(c3ccc(Cl)cc3)C2)cc1. The lowest BCUT2D eigenvalue weighted by atomic mass is 10.1. The average molecular weight is 372 g/mol. The standard InChI is InChI=1S/C20H18ClNO4/c1-13-2-4-14(5-3-13)18(23)12-26-20(25)15-10-19(24)22(11-15)17-8-6-16(21)7-9-17/h2-9,15H,10-12H2,1H3/t15-/m1/s1. The number of Topliss-reactive ketones (excluding diaryl/α,β-unsaturated/α-hetero) is 1. The third-order valence-corrected chi connectivity index (χ3v) is 4.57. The van der Waals surface area contributed by atoms with Crippen molar-refractivity contribution in [1.82, 2.24) is 0 Å². The summed E-state index contributed by atoms with van der Waals surface area (Å²) < 4.78 is 5.14. The number of hydrogen-bond donors (Lipinski definition) is 0. The van der Waals surface area contributed by atoms with Gasteiger partial charge in [0, 0.05) is 29.2 Å². The number of anilines is 1. The Bertz CT molecular complexity index is 830. The van der Waals surface area contributed by atoms with Crippen LogP contribution in [0.3, 0.4) is 0 Å². The summed E-state index contributed by atoms with van der Waals surface area (Å²) in [6.07, 6.45) is 0.0696. The number of esters is 1. The Labute approximate surface area is 156 Å². The van der Waals surface area contributed by atoms with Crippen LogP contribution in [0.15, 0.2) is 48.5 Å². The second kappa shape index (κ2) is 7.70. The number of nitrogens with zero attached hydrogens (tertiary/aromatic N) is 1. The summed E-state index contributed by atoms with van der Waals surface area (Å²) >= 11 is 5.85. The first-order valence-electron chi connectivity index (χ1n) is 8.26. The molecule has 0 aromatic heterocycles. The van der Waals surface area contributed by atoms with E-state index >= 15 is 0 Å². The van der Waals surface area contributed by atoms with Crippen molar-refractivity contribution >= 4 is 34.9 Å². The topological polar surface area (TPSA) is 63.7 Å². The van der Waals surface area contributed by atoms with Crippen molar-refractivity contribution in [3.63, 3.8) is 0 Å². The summed E-state index contributed by atoms with van der Waals surface area (Å²) in [4.78, 5) is 38.0. The van der Waals surface area contributed by atoms with Gasteiger partial charge in [-0.3, -0.25) is 14.4 Å². The van der Waals surface area contributed by atoms with Gasteiger partial charge in [-0.25, -0.2) is 0 Å². The molecular formula is C20H18ClNO4. The van der Waals surface area contributed by atoms with Crippen LogP contribution in [0.1, 0.15) is 22.3 Å². The number of halogens is 1. The van der Waals surface area contributed by atoms with Gasteiger partial charge in [0.25, 0.3) is 0 Å². The highest BCUT2D eigenvalue weighted by Crippen LogP contribution is 2.27. The lowest BCUT2D eigenvalue weighted by molar-refractivity contribution is -0.147. The Morgan fingerprint density at radius 1 is 1.12 bits per heavy atom. The van der Waals surface area contributed by atoms with Crippen LogP contribution in [0.5, 0.6) is 0 Å². The first-order chi connectivity index (χ1) is 12.4. The lowest BCUT2D eigenvalue weighted by Gasteiger charge is -2.16. The molecule has 1 amide bonds. The maximum Gasteiger partial charge on any atom is 0.311 e. The van der Waals surface area contributed by atoms with Crippen LogP contribution in [0.4, 0.5) is 5.69 Å². The number of benzene rings is 2. The van der Waals surface area contributed by atoms with E-state index in [0.29, 0.717) is 16.3 Å². The number of aryl methyl sites for hydroxylation is 1. The Morgan fingerprint density at radius 2 is 1.77 bits per heavy atom. The van der Waals surface area contributed by atoms with Crippen molar-refractivity contribution in [1.29, 1.82) is 0 Å². The highest BCUT2D eigenvalue weighted by atomic mass is 35.5. The number of carbonyl (C=O) groups excluding carboxylic acids is 3. The van der Waals surface area contributed by atoms with Crippen molar-refractivity contribution in [2.24, 2.45) is 5.92 Å². The van der Waals surface area contributed by atoms with E-state index < -0.39 is 11.9 Å². The van der Waals surface area contributed by atoms with E-state index in [4.69, 9.17) is 16.3 Å². The molecule has 0 spiro atoms. The zero-order valence-electron chi connectivity index (χ0n) is 14.3. The zero-order chi connectivity index (χ0) is 18.7. The second-order valence-corrected chi connectivity index (χ2v) is 6.72. The summed E-state index contributed by atoms with van der Waals surface area (Å²) in [6.45, 7) is 1.84. The number of carbonyl (C=O) groups is 3. The minimum absolute atomic E-state index is 0.0696. The molecule has 1 fully saturated rings. The van der Waals surface area contributed by atoms with Crippen LogP contribution in [0.2, 0.25) is 5.02 Å². The monoisotopic (exact) mass is 371 g/mol. The summed E-state index contributed by atoms with van der Waals surface area (Å²) in [7, 11) is 0. The summed E-state index contributed by atoms with van der Waals surface area (Å²) in [6, 6.07) is 13.9. The molecular weight excluding hydrogens is 354 g/mol. The van der Waals surface area contributed by atoms with Crippen LogP contribution in [-0.2, 0) is 14.3 Å². The number of ketones is 1. The fourth-order valence-corrected chi connectivity index (χ4v) is 2.94. The summed E-state index contributed by atoms with van der Waals surface area (Å²) in [5.41, 5.74) is 2.23. The van der Waals surface area contributed by atoms with Crippen LogP contribution in [-0.4, -0.2) is 30.8 Å². The zero-order valence-corrected chi connectivity index (χ0v) is 15.0. The molecule has 134 valence electrons. The van der Waals surface area contributed by atoms with E-state index in [1.165, 1.54) is 4.90 Å². The van der Waals surface area contributed by atoms with Gasteiger partial charge in [-0.1, -0.05) is 41.4 Å². The molecule has 26 heavy (non-hydrogen) atoms. The molecule has 0 bridgehead atoms.